The Morgan fingerprint density at radius 1 is 0.944 bits per heavy atom. The summed E-state index contributed by atoms with van der Waals surface area (Å²) in [4.78, 5) is 11.4. The minimum Gasteiger partial charge on any atom is -0.385 e. The van der Waals surface area contributed by atoms with Crippen LogP contribution < -0.4 is 0 Å². The second-order valence-electron chi connectivity index (χ2n) is 3.96. The van der Waals surface area contributed by atoms with E-state index in [0.717, 1.165) is 12.8 Å². The van der Waals surface area contributed by atoms with Crippen molar-refractivity contribution in [3.05, 3.63) is 0 Å². The van der Waals surface area contributed by atoms with Crippen molar-refractivity contribution in [2.24, 2.45) is 0 Å². The van der Waals surface area contributed by atoms with Gasteiger partial charge in [-0.2, -0.15) is 0 Å². The van der Waals surface area contributed by atoms with Crippen molar-refractivity contribution in [2.75, 3.05) is 40.6 Å². The molecule has 0 bridgehead atoms. The van der Waals surface area contributed by atoms with Crippen LogP contribution in [0.15, 0.2) is 0 Å². The maximum atomic E-state index is 11.4. The van der Waals surface area contributed by atoms with Crippen molar-refractivity contribution in [2.45, 2.75) is 38.9 Å². The molecule has 0 aromatic heterocycles. The maximum Gasteiger partial charge on any atom is 0.164 e. The van der Waals surface area contributed by atoms with E-state index in [1.54, 1.807) is 14.2 Å². The van der Waals surface area contributed by atoms with Gasteiger partial charge in [0.05, 0.1) is 19.6 Å². The summed E-state index contributed by atoms with van der Waals surface area (Å²) in [5.41, 5.74) is 0. The topological polar surface area (TPSA) is 54.0 Å². The van der Waals surface area contributed by atoms with E-state index < -0.39 is 6.29 Å². The van der Waals surface area contributed by atoms with Crippen LogP contribution in [0.4, 0.5) is 0 Å². The summed E-state index contributed by atoms with van der Waals surface area (Å²) < 4.78 is 20.9. The van der Waals surface area contributed by atoms with Gasteiger partial charge >= 0.3 is 0 Å². The first-order chi connectivity index (χ1) is 8.74. The average Bonchev–Trinajstić information content (AvgIpc) is 2.39. The molecule has 0 aliphatic heterocycles. The van der Waals surface area contributed by atoms with Crippen LogP contribution in [0, 0.1) is 0 Å². The average molecular weight is 262 g/mol. The second-order valence-corrected chi connectivity index (χ2v) is 3.96. The summed E-state index contributed by atoms with van der Waals surface area (Å²) in [5.74, 6) is 0.151. The van der Waals surface area contributed by atoms with Crippen molar-refractivity contribution < 1.29 is 23.7 Å². The van der Waals surface area contributed by atoms with Crippen LogP contribution in [0.3, 0.4) is 0 Å². The Hall–Kier alpha value is -0.490. The molecule has 18 heavy (non-hydrogen) atoms. The Morgan fingerprint density at radius 3 is 1.83 bits per heavy atom. The van der Waals surface area contributed by atoms with Crippen LogP contribution in [-0.2, 0) is 23.7 Å². The fraction of sp³-hybridized carbons (Fsp3) is 0.923. The third-order valence-corrected chi connectivity index (χ3v) is 2.38. The molecule has 0 rings (SSSR count). The number of Topliss-reactive ketones (excluding diaryl/α,β-unsaturated/α-hetero) is 1. The van der Waals surface area contributed by atoms with E-state index in [4.69, 9.17) is 18.9 Å². The van der Waals surface area contributed by atoms with Gasteiger partial charge in [0.2, 0.25) is 0 Å². The Morgan fingerprint density at radius 2 is 1.44 bits per heavy atom. The quantitative estimate of drug-likeness (QED) is 0.374. The normalized spacial score (nSPS) is 11.1. The highest BCUT2D eigenvalue weighted by Crippen LogP contribution is 2.05. The number of carbonyl (C=O) groups excluding carboxylic acids is 1. The minimum atomic E-state index is -0.439. The molecule has 0 aromatic carbocycles. The number of carbonyl (C=O) groups is 1. The first kappa shape index (κ1) is 17.5. The van der Waals surface area contributed by atoms with Crippen molar-refractivity contribution >= 4 is 5.78 Å². The van der Waals surface area contributed by atoms with Crippen molar-refractivity contribution in [3.8, 4) is 0 Å². The molecule has 0 unspecified atom stereocenters. The van der Waals surface area contributed by atoms with E-state index >= 15 is 0 Å². The first-order valence-electron chi connectivity index (χ1n) is 6.47. The zero-order valence-electron chi connectivity index (χ0n) is 11.8. The molecule has 0 heterocycles. The first-order valence-corrected chi connectivity index (χ1v) is 6.47. The molecule has 0 spiro atoms. The molecule has 0 aliphatic carbocycles. The molecule has 5 nitrogen and oxygen atoms in total. The van der Waals surface area contributed by atoms with Gasteiger partial charge in [0.15, 0.2) is 6.29 Å². The molecule has 0 aliphatic rings. The molecule has 0 radical (unpaired) electrons. The van der Waals surface area contributed by atoms with E-state index in [2.05, 4.69) is 0 Å². The predicted octanol–water partition coefficient (Wildman–Crippen LogP) is 1.79. The highest BCUT2D eigenvalue weighted by atomic mass is 16.7. The maximum absolute atomic E-state index is 11.4. The van der Waals surface area contributed by atoms with E-state index in [9.17, 15) is 4.79 Å². The molecule has 0 saturated heterocycles. The largest absolute Gasteiger partial charge is 0.385 e. The number of hydrogen-bond acceptors (Lipinski definition) is 5. The third kappa shape index (κ3) is 10.7. The number of rotatable bonds is 13. The lowest BCUT2D eigenvalue weighted by molar-refractivity contribution is -0.158. The zero-order chi connectivity index (χ0) is 13.6. The zero-order valence-corrected chi connectivity index (χ0v) is 11.8. The monoisotopic (exact) mass is 262 g/mol. The molecule has 108 valence electrons. The van der Waals surface area contributed by atoms with Gasteiger partial charge in [-0.15, -0.1) is 0 Å². The number of hydrogen-bond donors (Lipinski definition) is 0. The van der Waals surface area contributed by atoms with Crippen LogP contribution in [0.5, 0.6) is 0 Å². The standard InChI is InChI=1S/C13H26O5/c1-4-12(14)11-13(17-9-5-7-15-2)18-10-6-8-16-3/h13H,4-11H2,1-3H3. The van der Waals surface area contributed by atoms with E-state index in [1.165, 1.54) is 0 Å². The van der Waals surface area contributed by atoms with Crippen molar-refractivity contribution in [1.82, 2.24) is 0 Å². The summed E-state index contributed by atoms with van der Waals surface area (Å²) in [6, 6.07) is 0. The second kappa shape index (κ2) is 13.0. The molecule has 0 atom stereocenters. The van der Waals surface area contributed by atoms with Gasteiger partial charge in [0, 0.05) is 33.9 Å². The van der Waals surface area contributed by atoms with Gasteiger partial charge in [0.25, 0.3) is 0 Å². The van der Waals surface area contributed by atoms with E-state index in [0.29, 0.717) is 39.3 Å². The summed E-state index contributed by atoms with van der Waals surface area (Å²) in [6.07, 6.45) is 1.99. The molecular weight excluding hydrogens is 236 g/mol. The summed E-state index contributed by atoms with van der Waals surface area (Å²) in [6.45, 7) is 4.23. The summed E-state index contributed by atoms with van der Waals surface area (Å²) >= 11 is 0. The van der Waals surface area contributed by atoms with Gasteiger partial charge in [0.1, 0.15) is 5.78 Å². The lowest BCUT2D eigenvalue weighted by atomic mass is 10.2. The molecule has 0 aromatic rings. The van der Waals surface area contributed by atoms with Crippen LogP contribution in [0.1, 0.15) is 32.6 Å². The molecule has 0 saturated carbocycles. The van der Waals surface area contributed by atoms with Gasteiger partial charge < -0.3 is 18.9 Å². The van der Waals surface area contributed by atoms with Crippen LogP contribution in [0.25, 0.3) is 0 Å². The molecule has 5 heteroatoms. The molecule has 0 fully saturated rings. The van der Waals surface area contributed by atoms with Crippen LogP contribution in [0.2, 0.25) is 0 Å². The van der Waals surface area contributed by atoms with Crippen molar-refractivity contribution in [3.63, 3.8) is 0 Å². The van der Waals surface area contributed by atoms with Gasteiger partial charge in [-0.25, -0.2) is 0 Å². The summed E-state index contributed by atoms with van der Waals surface area (Å²) in [7, 11) is 3.30. The lowest BCUT2D eigenvalue weighted by Gasteiger charge is -2.17. The smallest absolute Gasteiger partial charge is 0.164 e. The fourth-order valence-electron chi connectivity index (χ4n) is 1.33. The third-order valence-electron chi connectivity index (χ3n) is 2.38. The Bertz CT molecular complexity index is 184. The SMILES string of the molecule is CCC(=O)CC(OCCCOC)OCCCOC. The van der Waals surface area contributed by atoms with E-state index in [-0.39, 0.29) is 5.78 Å². The summed E-state index contributed by atoms with van der Waals surface area (Å²) in [5, 5.41) is 0. The van der Waals surface area contributed by atoms with Gasteiger partial charge in [-0.1, -0.05) is 6.92 Å². The fourth-order valence-corrected chi connectivity index (χ4v) is 1.33. The highest BCUT2D eigenvalue weighted by Gasteiger charge is 2.13. The van der Waals surface area contributed by atoms with Crippen LogP contribution in [-0.4, -0.2) is 52.7 Å². The predicted molar refractivity (Wildman–Crippen MR) is 68.6 cm³/mol. The van der Waals surface area contributed by atoms with Crippen LogP contribution >= 0.6 is 0 Å². The van der Waals surface area contributed by atoms with Gasteiger partial charge in [-0.3, -0.25) is 4.79 Å². The molecule has 0 N–H and O–H groups in total. The highest BCUT2D eigenvalue weighted by molar-refractivity contribution is 5.78. The Balaban J connectivity index is 3.80. The Labute approximate surface area is 110 Å². The Kier molecular flexibility index (Phi) is 12.6. The molecule has 0 amide bonds. The lowest BCUT2D eigenvalue weighted by Crippen LogP contribution is -2.23. The van der Waals surface area contributed by atoms with Crippen molar-refractivity contribution in [1.29, 1.82) is 0 Å². The molecular formula is C13H26O5. The number of methoxy groups -OCH3 is 2. The number of ether oxygens (including phenoxy) is 4. The minimum absolute atomic E-state index is 0.151. The van der Waals surface area contributed by atoms with E-state index in [1.807, 2.05) is 6.92 Å². The number of ketones is 1. The van der Waals surface area contributed by atoms with Gasteiger partial charge in [-0.05, 0) is 12.8 Å².